The van der Waals surface area contributed by atoms with Crippen LogP contribution in [0.4, 0.5) is 0 Å². The van der Waals surface area contributed by atoms with Crippen LogP contribution in [0.1, 0.15) is 16.0 Å². The van der Waals surface area contributed by atoms with E-state index in [1.165, 1.54) is 15.6 Å². The molecular formula is C15H20N2O2S2. The first kappa shape index (κ1) is 16.2. The van der Waals surface area contributed by atoms with Gasteiger partial charge in [0.15, 0.2) is 0 Å². The molecule has 1 heterocycles. The molecule has 0 saturated heterocycles. The summed E-state index contributed by atoms with van der Waals surface area (Å²) in [6.07, 6.45) is 0. The van der Waals surface area contributed by atoms with E-state index >= 15 is 0 Å². The van der Waals surface area contributed by atoms with Crippen molar-refractivity contribution in [3.8, 4) is 0 Å². The fourth-order valence-electron chi connectivity index (χ4n) is 2.05. The third-order valence-corrected chi connectivity index (χ3v) is 6.21. The van der Waals surface area contributed by atoms with E-state index in [0.717, 1.165) is 16.0 Å². The highest BCUT2D eigenvalue weighted by atomic mass is 32.2. The van der Waals surface area contributed by atoms with Gasteiger partial charge in [-0.1, -0.05) is 24.3 Å². The third-order valence-electron chi connectivity index (χ3n) is 3.34. The lowest BCUT2D eigenvalue weighted by Gasteiger charge is -2.17. The second-order valence-corrected chi connectivity index (χ2v) is 8.01. The van der Waals surface area contributed by atoms with Crippen LogP contribution in [-0.2, 0) is 23.1 Å². The van der Waals surface area contributed by atoms with Crippen molar-refractivity contribution in [2.45, 2.75) is 24.9 Å². The maximum atomic E-state index is 12.6. The van der Waals surface area contributed by atoms with Crippen molar-refractivity contribution < 1.29 is 8.42 Å². The molecular weight excluding hydrogens is 304 g/mol. The zero-order chi connectivity index (χ0) is 15.5. The Kier molecular flexibility index (Phi) is 5.16. The minimum absolute atomic E-state index is 0.369. The van der Waals surface area contributed by atoms with Crippen molar-refractivity contribution in [1.29, 1.82) is 0 Å². The van der Waals surface area contributed by atoms with E-state index in [1.54, 1.807) is 18.5 Å². The fraction of sp³-hybridized carbons (Fsp3) is 0.333. The van der Waals surface area contributed by atoms with Crippen LogP contribution in [0.25, 0.3) is 0 Å². The Morgan fingerprint density at radius 2 is 2.00 bits per heavy atom. The molecule has 2 aromatic rings. The Morgan fingerprint density at radius 1 is 1.29 bits per heavy atom. The van der Waals surface area contributed by atoms with Gasteiger partial charge in [-0.25, -0.2) is 8.42 Å². The molecule has 0 aliphatic heterocycles. The van der Waals surface area contributed by atoms with Gasteiger partial charge in [0.25, 0.3) is 0 Å². The summed E-state index contributed by atoms with van der Waals surface area (Å²) >= 11 is 1.46. The fourth-order valence-corrected chi connectivity index (χ4v) is 4.48. The molecule has 0 spiro atoms. The van der Waals surface area contributed by atoms with Crippen molar-refractivity contribution in [3.63, 3.8) is 0 Å². The highest BCUT2D eigenvalue weighted by Crippen LogP contribution is 2.23. The molecule has 1 aromatic carbocycles. The first-order valence-electron chi connectivity index (χ1n) is 6.68. The van der Waals surface area contributed by atoms with Gasteiger partial charge in [0.2, 0.25) is 10.0 Å². The van der Waals surface area contributed by atoms with Crippen LogP contribution in [-0.4, -0.2) is 26.8 Å². The number of nitrogens with one attached hydrogen (secondary N) is 1. The van der Waals surface area contributed by atoms with E-state index in [1.807, 2.05) is 38.2 Å². The normalized spacial score (nSPS) is 12.0. The summed E-state index contributed by atoms with van der Waals surface area (Å²) < 4.78 is 26.6. The molecule has 114 valence electrons. The molecule has 0 unspecified atom stereocenters. The molecule has 0 atom stereocenters. The summed E-state index contributed by atoms with van der Waals surface area (Å²) in [5, 5.41) is 4.73. The van der Waals surface area contributed by atoms with Gasteiger partial charge in [-0.3, -0.25) is 0 Å². The second kappa shape index (κ2) is 6.70. The van der Waals surface area contributed by atoms with Crippen LogP contribution in [0.15, 0.2) is 40.6 Å². The summed E-state index contributed by atoms with van der Waals surface area (Å²) in [6, 6.07) is 9.58. The Bertz CT molecular complexity index is 708. The molecule has 1 N–H and O–H groups in total. The second-order valence-electron chi connectivity index (χ2n) is 4.97. The van der Waals surface area contributed by atoms with Gasteiger partial charge in [-0.05, 0) is 31.2 Å². The van der Waals surface area contributed by atoms with Gasteiger partial charge < -0.3 is 5.32 Å². The zero-order valence-corrected chi connectivity index (χ0v) is 14.1. The molecule has 21 heavy (non-hydrogen) atoms. The molecule has 0 fully saturated rings. The van der Waals surface area contributed by atoms with Gasteiger partial charge in [0.05, 0.1) is 4.90 Å². The molecule has 1 aromatic heterocycles. The Hall–Kier alpha value is -1.21. The third kappa shape index (κ3) is 3.71. The average molecular weight is 324 g/mol. The van der Waals surface area contributed by atoms with Crippen LogP contribution >= 0.6 is 11.3 Å². The standard InChI is InChI=1S/C15H20N2O2S2/c1-12-6-4-5-7-13(12)10-17(3)21(18,19)15-8-14(9-16-2)20-11-15/h4-8,11,16H,9-10H2,1-3H3. The number of rotatable bonds is 6. The minimum atomic E-state index is -3.44. The summed E-state index contributed by atoms with van der Waals surface area (Å²) in [5.41, 5.74) is 2.12. The van der Waals surface area contributed by atoms with Crippen LogP contribution in [0.2, 0.25) is 0 Å². The van der Waals surface area contributed by atoms with Crippen molar-refractivity contribution in [2.24, 2.45) is 0 Å². The number of thiophene rings is 1. The summed E-state index contributed by atoms with van der Waals surface area (Å²) in [4.78, 5) is 1.38. The van der Waals surface area contributed by atoms with Crippen molar-refractivity contribution in [1.82, 2.24) is 9.62 Å². The molecule has 0 radical (unpaired) electrons. The predicted octanol–water partition coefficient (Wildman–Crippen LogP) is 2.60. The maximum Gasteiger partial charge on any atom is 0.243 e. The Labute approximate surface area is 130 Å². The largest absolute Gasteiger partial charge is 0.315 e. The molecule has 4 nitrogen and oxygen atoms in total. The zero-order valence-electron chi connectivity index (χ0n) is 12.5. The lowest BCUT2D eigenvalue weighted by Crippen LogP contribution is -2.26. The van der Waals surface area contributed by atoms with E-state index in [0.29, 0.717) is 18.0 Å². The summed E-state index contributed by atoms with van der Waals surface area (Å²) in [5.74, 6) is 0. The lowest BCUT2D eigenvalue weighted by atomic mass is 10.1. The molecule has 0 amide bonds. The lowest BCUT2D eigenvalue weighted by molar-refractivity contribution is 0.466. The van der Waals surface area contributed by atoms with Crippen molar-refractivity contribution in [3.05, 3.63) is 51.7 Å². The van der Waals surface area contributed by atoms with Gasteiger partial charge in [0.1, 0.15) is 0 Å². The number of aryl methyl sites for hydroxylation is 1. The van der Waals surface area contributed by atoms with Gasteiger partial charge in [-0.2, -0.15) is 4.31 Å². The smallest absolute Gasteiger partial charge is 0.243 e. The minimum Gasteiger partial charge on any atom is -0.315 e. The van der Waals surface area contributed by atoms with E-state index in [4.69, 9.17) is 0 Å². The van der Waals surface area contributed by atoms with Gasteiger partial charge in [0, 0.05) is 30.4 Å². The quantitative estimate of drug-likeness (QED) is 0.888. The first-order chi connectivity index (χ1) is 9.95. The number of hydrogen-bond acceptors (Lipinski definition) is 4. The van der Waals surface area contributed by atoms with E-state index in [2.05, 4.69) is 5.32 Å². The van der Waals surface area contributed by atoms with Crippen molar-refractivity contribution >= 4 is 21.4 Å². The monoisotopic (exact) mass is 324 g/mol. The van der Waals surface area contributed by atoms with Gasteiger partial charge >= 0.3 is 0 Å². The molecule has 0 bridgehead atoms. The van der Waals surface area contributed by atoms with E-state index < -0.39 is 10.0 Å². The maximum absolute atomic E-state index is 12.6. The Morgan fingerprint density at radius 3 is 2.67 bits per heavy atom. The number of hydrogen-bond donors (Lipinski definition) is 1. The SMILES string of the molecule is CNCc1cc(S(=O)(=O)N(C)Cc2ccccc2C)cs1. The first-order valence-corrected chi connectivity index (χ1v) is 9.00. The van der Waals surface area contributed by atoms with E-state index in [9.17, 15) is 8.42 Å². The number of sulfonamides is 1. The van der Waals surface area contributed by atoms with Gasteiger partial charge in [-0.15, -0.1) is 11.3 Å². The number of benzene rings is 1. The topological polar surface area (TPSA) is 49.4 Å². The van der Waals surface area contributed by atoms with Crippen LogP contribution < -0.4 is 5.32 Å². The molecule has 0 saturated carbocycles. The highest BCUT2D eigenvalue weighted by Gasteiger charge is 2.22. The average Bonchev–Trinajstić information content (AvgIpc) is 2.91. The predicted molar refractivity (Wildman–Crippen MR) is 86.9 cm³/mol. The van der Waals surface area contributed by atoms with Crippen molar-refractivity contribution in [2.75, 3.05) is 14.1 Å². The molecule has 6 heteroatoms. The summed E-state index contributed by atoms with van der Waals surface area (Å²) in [6.45, 7) is 3.05. The highest BCUT2D eigenvalue weighted by molar-refractivity contribution is 7.89. The Balaban J connectivity index is 2.20. The van der Waals surface area contributed by atoms with Crippen LogP contribution in [0.3, 0.4) is 0 Å². The van der Waals surface area contributed by atoms with Crippen LogP contribution in [0.5, 0.6) is 0 Å². The number of nitrogens with zero attached hydrogens (tertiary/aromatic N) is 1. The van der Waals surface area contributed by atoms with Crippen LogP contribution in [0, 0.1) is 6.92 Å². The molecule has 2 rings (SSSR count). The molecule has 0 aliphatic rings. The molecule has 0 aliphatic carbocycles. The van der Waals surface area contributed by atoms with E-state index in [-0.39, 0.29) is 0 Å². The summed E-state index contributed by atoms with van der Waals surface area (Å²) in [7, 11) is 0.0322.